The van der Waals surface area contributed by atoms with Crippen molar-refractivity contribution in [2.45, 2.75) is 38.0 Å². The van der Waals surface area contributed by atoms with E-state index >= 15 is 0 Å². The van der Waals surface area contributed by atoms with Crippen LogP contribution in [0.2, 0.25) is 0 Å². The van der Waals surface area contributed by atoms with Crippen molar-refractivity contribution in [1.29, 1.82) is 0 Å². The van der Waals surface area contributed by atoms with E-state index in [-0.39, 0.29) is 5.78 Å². The Bertz CT molecular complexity index is 1040. The number of carbonyl (C=O) groups excluding carboxylic acids is 1. The number of nitrogens with zero attached hydrogens (tertiary/aromatic N) is 4. The number of aromatic nitrogens is 4. The van der Waals surface area contributed by atoms with Crippen molar-refractivity contribution in [3.8, 4) is 0 Å². The number of aliphatic hydroxyl groups is 3. The van der Waals surface area contributed by atoms with Crippen LogP contribution in [0.1, 0.15) is 29.1 Å². The van der Waals surface area contributed by atoms with Gasteiger partial charge in [0.25, 0.3) is 0 Å². The third kappa shape index (κ3) is 3.58. The largest absolute Gasteiger partial charge is 0.394 e. The van der Waals surface area contributed by atoms with Crippen LogP contribution in [0.5, 0.6) is 0 Å². The van der Waals surface area contributed by atoms with E-state index in [0.717, 1.165) is 5.56 Å². The summed E-state index contributed by atoms with van der Waals surface area (Å²) in [5.41, 5.74) is 2.42. The molecule has 10 nitrogen and oxygen atoms in total. The Kier molecular flexibility index (Phi) is 5.24. The maximum Gasteiger partial charge on any atom is 0.167 e. The van der Waals surface area contributed by atoms with Crippen molar-refractivity contribution >= 4 is 22.8 Å². The second-order valence-corrected chi connectivity index (χ2v) is 6.89. The number of ketones is 1. The molecule has 3 heterocycles. The summed E-state index contributed by atoms with van der Waals surface area (Å²) in [6.07, 6.45) is -1.46. The molecular formula is C19H21N5O5. The normalized spacial score (nSPS) is 24.1. The van der Waals surface area contributed by atoms with Gasteiger partial charge < -0.3 is 25.4 Å². The van der Waals surface area contributed by atoms with Crippen molar-refractivity contribution < 1.29 is 24.9 Å². The second-order valence-electron chi connectivity index (χ2n) is 6.89. The number of benzene rings is 1. The minimum atomic E-state index is -1.23. The summed E-state index contributed by atoms with van der Waals surface area (Å²) in [5, 5.41) is 32.7. The smallest absolute Gasteiger partial charge is 0.167 e. The van der Waals surface area contributed by atoms with Crippen molar-refractivity contribution in [1.82, 2.24) is 19.5 Å². The van der Waals surface area contributed by atoms with Crippen LogP contribution in [-0.4, -0.2) is 65.5 Å². The Morgan fingerprint density at radius 2 is 2.07 bits per heavy atom. The summed E-state index contributed by atoms with van der Waals surface area (Å²) in [4.78, 5) is 24.3. The van der Waals surface area contributed by atoms with E-state index in [2.05, 4.69) is 20.3 Å². The van der Waals surface area contributed by atoms with Crippen molar-refractivity contribution in [2.75, 3.05) is 11.9 Å². The topological polar surface area (TPSA) is 143 Å². The minimum Gasteiger partial charge on any atom is -0.394 e. The lowest BCUT2D eigenvalue weighted by atomic mass is 10.1. The molecule has 1 aliphatic heterocycles. The number of carbonyl (C=O) groups is 1. The van der Waals surface area contributed by atoms with Crippen LogP contribution in [0.25, 0.3) is 11.2 Å². The molecule has 1 fully saturated rings. The summed E-state index contributed by atoms with van der Waals surface area (Å²) < 4.78 is 7.05. The van der Waals surface area contributed by atoms with E-state index in [0.29, 0.717) is 29.1 Å². The number of nitrogens with one attached hydrogen (secondary N) is 1. The molecule has 0 aliphatic carbocycles. The number of anilines is 1. The van der Waals surface area contributed by atoms with Crippen LogP contribution < -0.4 is 5.32 Å². The molecule has 4 N–H and O–H groups in total. The Balaban J connectivity index is 1.58. The number of aliphatic hydroxyl groups excluding tert-OH is 3. The first-order chi connectivity index (χ1) is 14.0. The minimum absolute atomic E-state index is 0.00601. The van der Waals surface area contributed by atoms with E-state index in [9.17, 15) is 20.1 Å². The monoisotopic (exact) mass is 399 g/mol. The highest BCUT2D eigenvalue weighted by Crippen LogP contribution is 2.32. The van der Waals surface area contributed by atoms with Gasteiger partial charge in [-0.15, -0.1) is 0 Å². The third-order valence-electron chi connectivity index (χ3n) is 4.94. The first-order valence-electron chi connectivity index (χ1n) is 9.13. The number of rotatable bonds is 6. The molecule has 0 radical (unpaired) electrons. The standard InChI is InChI=1S/C19H21N5O5/c1-10(26)12-4-2-3-11(5-12)6-20-17-14-18(22-8-21-17)24(9-23-14)19-16(28)15(27)13(7-25)29-19/h2-5,8-9,13,15-16,19,25,27-28H,6-7H2,1H3,(H,20,21,22)/t13-,15-,16-,19-/m1/s1. The highest BCUT2D eigenvalue weighted by molar-refractivity contribution is 5.94. The van der Waals surface area contributed by atoms with Crippen LogP contribution in [0.4, 0.5) is 5.82 Å². The van der Waals surface area contributed by atoms with Gasteiger partial charge in [0.2, 0.25) is 0 Å². The predicted molar refractivity (Wildman–Crippen MR) is 102 cm³/mol. The van der Waals surface area contributed by atoms with Crippen LogP contribution in [-0.2, 0) is 11.3 Å². The molecule has 29 heavy (non-hydrogen) atoms. The average molecular weight is 399 g/mol. The first-order valence-corrected chi connectivity index (χ1v) is 9.13. The zero-order chi connectivity index (χ0) is 20.5. The molecule has 4 atom stereocenters. The molecule has 152 valence electrons. The molecule has 1 aromatic carbocycles. The van der Waals surface area contributed by atoms with Gasteiger partial charge in [0, 0.05) is 12.1 Å². The zero-order valence-electron chi connectivity index (χ0n) is 15.6. The quantitative estimate of drug-likeness (QED) is 0.429. The predicted octanol–water partition coefficient (Wildman–Crippen LogP) is 0.252. The van der Waals surface area contributed by atoms with E-state index in [1.54, 1.807) is 6.07 Å². The fourth-order valence-corrected chi connectivity index (χ4v) is 3.36. The Hall–Kier alpha value is -2.92. The molecule has 0 spiro atoms. The van der Waals surface area contributed by atoms with Gasteiger partial charge in [-0.2, -0.15) is 0 Å². The highest BCUT2D eigenvalue weighted by Gasteiger charge is 2.44. The number of Topliss-reactive ketones (excluding diaryl/α,β-unsaturated/α-hetero) is 1. The molecular weight excluding hydrogens is 378 g/mol. The van der Waals surface area contributed by atoms with Crippen molar-refractivity contribution in [2.24, 2.45) is 0 Å². The van der Waals surface area contributed by atoms with E-state index in [4.69, 9.17) is 4.74 Å². The third-order valence-corrected chi connectivity index (χ3v) is 4.94. The molecule has 4 rings (SSSR count). The van der Waals surface area contributed by atoms with Gasteiger partial charge in [0.15, 0.2) is 29.0 Å². The number of ether oxygens (including phenoxy) is 1. The molecule has 0 amide bonds. The maximum atomic E-state index is 11.6. The van der Waals surface area contributed by atoms with Crippen LogP contribution in [0, 0.1) is 0 Å². The lowest BCUT2D eigenvalue weighted by Gasteiger charge is -2.16. The fraction of sp³-hybridized carbons (Fsp3) is 0.368. The summed E-state index contributed by atoms with van der Waals surface area (Å²) in [6, 6.07) is 7.29. The van der Waals surface area contributed by atoms with E-state index in [1.165, 1.54) is 24.1 Å². The summed E-state index contributed by atoms with van der Waals surface area (Å²) >= 11 is 0. The van der Waals surface area contributed by atoms with Gasteiger partial charge in [-0.25, -0.2) is 15.0 Å². The number of hydrogen-bond donors (Lipinski definition) is 4. The highest BCUT2D eigenvalue weighted by atomic mass is 16.6. The molecule has 0 unspecified atom stereocenters. The number of imidazole rings is 1. The van der Waals surface area contributed by atoms with E-state index in [1.807, 2.05) is 18.2 Å². The van der Waals surface area contributed by atoms with Gasteiger partial charge in [-0.05, 0) is 18.6 Å². The van der Waals surface area contributed by atoms with Crippen LogP contribution in [0.15, 0.2) is 36.9 Å². The maximum absolute atomic E-state index is 11.6. The first kappa shape index (κ1) is 19.4. The summed E-state index contributed by atoms with van der Waals surface area (Å²) in [7, 11) is 0. The Morgan fingerprint density at radius 3 is 2.79 bits per heavy atom. The number of fused-ring (bicyclic) bond motifs is 1. The lowest BCUT2D eigenvalue weighted by molar-refractivity contribution is -0.0511. The van der Waals surface area contributed by atoms with Crippen LogP contribution >= 0.6 is 0 Å². The van der Waals surface area contributed by atoms with Crippen LogP contribution in [0.3, 0.4) is 0 Å². The Labute approximate surface area is 165 Å². The van der Waals surface area contributed by atoms with Gasteiger partial charge in [-0.1, -0.05) is 18.2 Å². The molecule has 10 heteroatoms. The van der Waals surface area contributed by atoms with Gasteiger partial charge in [0.1, 0.15) is 24.6 Å². The molecule has 1 saturated heterocycles. The Morgan fingerprint density at radius 1 is 1.24 bits per heavy atom. The van der Waals surface area contributed by atoms with Gasteiger partial charge in [0.05, 0.1) is 12.9 Å². The molecule has 1 aliphatic rings. The summed E-state index contributed by atoms with van der Waals surface area (Å²) in [6.45, 7) is 1.53. The average Bonchev–Trinajstić information content (AvgIpc) is 3.28. The second kappa shape index (κ2) is 7.84. The van der Waals surface area contributed by atoms with Crippen molar-refractivity contribution in [3.63, 3.8) is 0 Å². The molecule has 3 aromatic rings. The van der Waals surface area contributed by atoms with Gasteiger partial charge in [-0.3, -0.25) is 9.36 Å². The molecule has 2 aromatic heterocycles. The SMILES string of the molecule is CC(=O)c1cccc(CNc2ncnc3c2ncn3[C@@H]2O[C@H](CO)[C@@H](O)[C@H]2O)c1. The summed E-state index contributed by atoms with van der Waals surface area (Å²) in [5.74, 6) is 0.474. The molecule has 0 saturated carbocycles. The van der Waals surface area contributed by atoms with Crippen molar-refractivity contribution in [3.05, 3.63) is 48.0 Å². The zero-order valence-corrected chi connectivity index (χ0v) is 15.6. The van der Waals surface area contributed by atoms with Gasteiger partial charge >= 0.3 is 0 Å². The fourth-order valence-electron chi connectivity index (χ4n) is 3.36. The molecule has 0 bridgehead atoms. The van der Waals surface area contributed by atoms with E-state index < -0.39 is 31.1 Å². The lowest BCUT2D eigenvalue weighted by Crippen LogP contribution is -2.33. The number of hydrogen-bond acceptors (Lipinski definition) is 9.